The van der Waals surface area contributed by atoms with Crippen molar-refractivity contribution in [2.75, 3.05) is 7.11 Å². The summed E-state index contributed by atoms with van der Waals surface area (Å²) in [6.07, 6.45) is 2.00. The van der Waals surface area contributed by atoms with E-state index in [4.69, 9.17) is 18.3 Å². The van der Waals surface area contributed by atoms with Crippen LogP contribution in [-0.4, -0.2) is 53.1 Å². The van der Waals surface area contributed by atoms with Gasteiger partial charge in [-0.15, -0.1) is 6.58 Å². The van der Waals surface area contributed by atoms with Crippen molar-refractivity contribution in [1.82, 2.24) is 0 Å². The Bertz CT molecular complexity index is 1010. The molecule has 0 heterocycles. The van der Waals surface area contributed by atoms with E-state index in [0.717, 1.165) is 17.7 Å². The van der Waals surface area contributed by atoms with E-state index in [1.807, 2.05) is 30.3 Å². The van der Waals surface area contributed by atoms with E-state index < -0.39 is 34.6 Å². The molecular formula is C35H64O6Si2. The van der Waals surface area contributed by atoms with Crippen LogP contribution in [0.1, 0.15) is 81.2 Å². The van der Waals surface area contributed by atoms with Crippen LogP contribution in [0.3, 0.4) is 0 Å². The van der Waals surface area contributed by atoms with Crippen LogP contribution in [-0.2, 0) is 25.0 Å². The van der Waals surface area contributed by atoms with Crippen LogP contribution in [0.4, 0.5) is 0 Å². The van der Waals surface area contributed by atoms with Gasteiger partial charge in [0.1, 0.15) is 5.75 Å². The minimum atomic E-state index is -2.28. The van der Waals surface area contributed by atoms with Crippen molar-refractivity contribution in [3.63, 3.8) is 0 Å². The van der Waals surface area contributed by atoms with Crippen LogP contribution in [0.2, 0.25) is 36.3 Å². The van der Waals surface area contributed by atoms with E-state index in [9.17, 15) is 9.90 Å². The first kappa shape index (κ1) is 39.6. The number of hydrogen-bond acceptors (Lipinski definition) is 5. The Labute approximate surface area is 266 Å². The summed E-state index contributed by atoms with van der Waals surface area (Å²) >= 11 is 0. The number of benzene rings is 1. The molecule has 0 aliphatic rings. The van der Waals surface area contributed by atoms with Crippen molar-refractivity contribution in [3.8, 4) is 5.75 Å². The zero-order valence-corrected chi connectivity index (χ0v) is 32.0. The van der Waals surface area contributed by atoms with Gasteiger partial charge in [-0.3, -0.25) is 4.79 Å². The van der Waals surface area contributed by atoms with Gasteiger partial charge in [0, 0.05) is 5.92 Å². The maximum Gasteiger partial charge on any atom is 0.308 e. The summed E-state index contributed by atoms with van der Waals surface area (Å²) in [5, 5.41) is 10.2. The lowest BCUT2D eigenvalue weighted by Gasteiger charge is -2.45. The van der Waals surface area contributed by atoms with E-state index in [-0.39, 0.29) is 40.0 Å². The molecule has 0 fully saturated rings. The fourth-order valence-corrected chi connectivity index (χ4v) is 7.84. The molecule has 0 bridgehead atoms. The minimum Gasteiger partial charge on any atom is -0.497 e. The molecule has 0 radical (unpaired) electrons. The highest BCUT2D eigenvalue weighted by molar-refractivity contribution is 6.74. The van der Waals surface area contributed by atoms with Crippen LogP contribution in [0, 0.1) is 23.7 Å². The molecular weight excluding hydrogens is 573 g/mol. The summed E-state index contributed by atoms with van der Waals surface area (Å²) in [5.74, 6) is -0.572. The molecule has 1 rings (SSSR count). The Morgan fingerprint density at radius 2 is 1.35 bits per heavy atom. The predicted molar refractivity (Wildman–Crippen MR) is 185 cm³/mol. The largest absolute Gasteiger partial charge is 0.497 e. The first-order valence-electron chi connectivity index (χ1n) is 15.9. The van der Waals surface area contributed by atoms with E-state index in [0.29, 0.717) is 6.61 Å². The number of carboxylic acids is 1. The predicted octanol–water partition coefficient (Wildman–Crippen LogP) is 9.57. The first-order chi connectivity index (χ1) is 19.5. The van der Waals surface area contributed by atoms with Crippen molar-refractivity contribution in [2.45, 2.75) is 137 Å². The van der Waals surface area contributed by atoms with Gasteiger partial charge in [-0.05, 0) is 79.1 Å². The molecule has 1 N–H and O–H groups in total. The van der Waals surface area contributed by atoms with Crippen molar-refractivity contribution in [1.29, 1.82) is 0 Å². The van der Waals surface area contributed by atoms with E-state index >= 15 is 0 Å². The molecule has 7 atom stereocenters. The highest BCUT2D eigenvalue weighted by Crippen LogP contribution is 2.42. The molecule has 1 aromatic carbocycles. The average Bonchev–Trinajstić information content (AvgIpc) is 2.88. The van der Waals surface area contributed by atoms with Crippen LogP contribution >= 0.6 is 0 Å². The molecule has 0 amide bonds. The fraction of sp³-hybridized carbons (Fsp3) is 0.743. The minimum absolute atomic E-state index is 0.0545. The molecule has 1 aromatic rings. The molecule has 0 aliphatic heterocycles. The SMILES string of the molecule is C=C[C@@H](O[Si](C)(C)C(C)(C)C)[C@H](C)C[C@H](C)[C@H](OCc1ccc(OC)cc1)[C@@H](C)[C@H](O[Si](C)(C)C(C)(C)C)[C@@H](C)C(=O)O. The summed E-state index contributed by atoms with van der Waals surface area (Å²) in [5.41, 5.74) is 1.04. The third kappa shape index (κ3) is 11.1. The second kappa shape index (κ2) is 15.7. The van der Waals surface area contributed by atoms with Crippen molar-refractivity contribution in [2.24, 2.45) is 23.7 Å². The molecule has 0 spiro atoms. The van der Waals surface area contributed by atoms with Gasteiger partial charge in [-0.25, -0.2) is 0 Å². The molecule has 0 unspecified atom stereocenters. The number of carboxylic acid groups (broad SMARTS) is 1. The normalized spacial score (nSPS) is 18.2. The molecule has 0 aliphatic carbocycles. The molecule has 8 heteroatoms. The molecule has 0 aromatic heterocycles. The van der Waals surface area contributed by atoms with Gasteiger partial charge in [-0.1, -0.05) is 80.5 Å². The Kier molecular flexibility index (Phi) is 14.4. The van der Waals surface area contributed by atoms with Gasteiger partial charge in [0.25, 0.3) is 0 Å². The average molecular weight is 637 g/mol. The van der Waals surface area contributed by atoms with Crippen molar-refractivity contribution >= 4 is 22.6 Å². The topological polar surface area (TPSA) is 74.2 Å². The van der Waals surface area contributed by atoms with Gasteiger partial charge >= 0.3 is 5.97 Å². The van der Waals surface area contributed by atoms with E-state index in [1.54, 1.807) is 14.0 Å². The standard InChI is InChI=1S/C35H64O6Si2/c1-17-30(40-42(13,14)34(6,7)8)24(2)22-25(3)31(39-23-28-18-20-29(38-12)21-19-28)26(4)32(27(5)33(36)37)41-43(15,16)35(9,10)11/h17-21,24-27,30-32H,1,22-23H2,2-16H3,(H,36,37)/t24-,25+,26-,27-,30-,31+,32+/m1/s1. The van der Waals surface area contributed by atoms with Gasteiger partial charge in [0.05, 0.1) is 37.9 Å². The smallest absolute Gasteiger partial charge is 0.308 e. The van der Waals surface area contributed by atoms with Gasteiger partial charge < -0.3 is 23.4 Å². The highest BCUT2D eigenvalue weighted by atomic mass is 28.4. The second-order valence-corrected chi connectivity index (χ2v) is 25.2. The van der Waals surface area contributed by atoms with Gasteiger partial charge in [0.15, 0.2) is 16.6 Å². The zero-order chi connectivity index (χ0) is 33.6. The maximum absolute atomic E-state index is 12.4. The molecule has 248 valence electrons. The fourth-order valence-electron chi connectivity index (χ4n) is 5.03. The number of carbonyl (C=O) groups is 1. The number of methoxy groups -OCH3 is 1. The quantitative estimate of drug-likeness (QED) is 0.136. The van der Waals surface area contributed by atoms with Crippen LogP contribution in [0.15, 0.2) is 36.9 Å². The monoisotopic (exact) mass is 636 g/mol. The molecule has 43 heavy (non-hydrogen) atoms. The third-order valence-electron chi connectivity index (χ3n) is 10.1. The second-order valence-electron chi connectivity index (χ2n) is 15.7. The number of ether oxygens (including phenoxy) is 2. The lowest BCUT2D eigenvalue weighted by atomic mass is 9.80. The number of aliphatic carboxylic acids is 1. The summed E-state index contributed by atoms with van der Waals surface area (Å²) in [6, 6.07) is 7.90. The highest BCUT2D eigenvalue weighted by Gasteiger charge is 2.45. The summed E-state index contributed by atoms with van der Waals surface area (Å²) < 4.78 is 25.8. The van der Waals surface area contributed by atoms with Crippen LogP contribution < -0.4 is 4.74 Å². The third-order valence-corrected chi connectivity index (χ3v) is 19.0. The van der Waals surface area contributed by atoms with Crippen molar-refractivity contribution in [3.05, 3.63) is 42.5 Å². The maximum atomic E-state index is 12.4. The Morgan fingerprint density at radius 1 is 0.860 bits per heavy atom. The zero-order valence-electron chi connectivity index (χ0n) is 30.0. The molecule has 0 saturated heterocycles. The van der Waals surface area contributed by atoms with Crippen molar-refractivity contribution < 1.29 is 28.2 Å². The van der Waals surface area contributed by atoms with Crippen LogP contribution in [0.25, 0.3) is 0 Å². The lowest BCUT2D eigenvalue weighted by Crippen LogP contribution is -2.51. The summed E-state index contributed by atoms with van der Waals surface area (Å²) in [7, 11) is -2.63. The summed E-state index contributed by atoms with van der Waals surface area (Å²) in [4.78, 5) is 12.4. The Morgan fingerprint density at radius 3 is 1.77 bits per heavy atom. The number of hydrogen-bond donors (Lipinski definition) is 1. The van der Waals surface area contributed by atoms with Crippen LogP contribution in [0.5, 0.6) is 5.75 Å². The summed E-state index contributed by atoms with van der Waals surface area (Å²) in [6.45, 7) is 35.1. The Balaban J connectivity index is 3.42. The molecule has 0 saturated carbocycles. The van der Waals surface area contributed by atoms with E-state index in [1.165, 1.54) is 0 Å². The van der Waals surface area contributed by atoms with Gasteiger partial charge in [0.2, 0.25) is 0 Å². The lowest BCUT2D eigenvalue weighted by molar-refractivity contribution is -0.148. The molecule has 6 nitrogen and oxygen atoms in total. The van der Waals surface area contributed by atoms with E-state index in [2.05, 4.69) is 95.1 Å². The first-order valence-corrected chi connectivity index (χ1v) is 21.8. The number of rotatable bonds is 17. The van der Waals surface area contributed by atoms with Gasteiger partial charge in [-0.2, -0.15) is 0 Å². The Hall–Kier alpha value is -1.46.